The van der Waals surface area contributed by atoms with E-state index in [-0.39, 0.29) is 11.9 Å². The van der Waals surface area contributed by atoms with E-state index in [1.807, 2.05) is 30.8 Å². The van der Waals surface area contributed by atoms with Crippen molar-refractivity contribution in [1.29, 1.82) is 0 Å². The average Bonchev–Trinajstić information content (AvgIpc) is 2.75. The number of aromatic nitrogens is 2. The van der Waals surface area contributed by atoms with E-state index in [0.29, 0.717) is 5.56 Å². The molecule has 0 fully saturated rings. The van der Waals surface area contributed by atoms with Crippen molar-refractivity contribution in [2.45, 2.75) is 19.4 Å². The quantitative estimate of drug-likeness (QED) is 0.914. The van der Waals surface area contributed by atoms with Crippen molar-refractivity contribution in [3.05, 3.63) is 52.3 Å². The zero-order chi connectivity index (χ0) is 13.8. The summed E-state index contributed by atoms with van der Waals surface area (Å²) in [5.41, 5.74) is 1.85. The molecule has 0 aliphatic carbocycles. The van der Waals surface area contributed by atoms with Crippen molar-refractivity contribution >= 4 is 15.9 Å². The van der Waals surface area contributed by atoms with Gasteiger partial charge in [-0.3, -0.25) is 0 Å². The predicted molar refractivity (Wildman–Crippen MR) is 77.4 cm³/mol. The van der Waals surface area contributed by atoms with Gasteiger partial charge >= 0.3 is 0 Å². The van der Waals surface area contributed by atoms with Crippen LogP contribution in [0.25, 0.3) is 0 Å². The van der Waals surface area contributed by atoms with Crippen molar-refractivity contribution in [2.75, 3.05) is 6.54 Å². The van der Waals surface area contributed by atoms with Gasteiger partial charge in [0, 0.05) is 48.0 Å². The van der Waals surface area contributed by atoms with Crippen LogP contribution in [0.1, 0.15) is 24.2 Å². The van der Waals surface area contributed by atoms with Gasteiger partial charge < -0.3 is 9.88 Å². The summed E-state index contributed by atoms with van der Waals surface area (Å²) in [7, 11) is 1.97. The van der Waals surface area contributed by atoms with Crippen molar-refractivity contribution in [3.63, 3.8) is 0 Å². The van der Waals surface area contributed by atoms with Gasteiger partial charge in [-0.25, -0.2) is 9.37 Å². The summed E-state index contributed by atoms with van der Waals surface area (Å²) in [4.78, 5) is 4.07. The maximum Gasteiger partial charge on any atom is 0.129 e. The fourth-order valence-corrected chi connectivity index (χ4v) is 2.34. The molecule has 2 aromatic rings. The van der Waals surface area contributed by atoms with Crippen LogP contribution in [0.15, 0.2) is 35.2 Å². The van der Waals surface area contributed by atoms with E-state index in [1.165, 1.54) is 6.07 Å². The van der Waals surface area contributed by atoms with Crippen LogP contribution >= 0.6 is 15.9 Å². The molecule has 5 heteroatoms. The number of nitrogens with one attached hydrogen (secondary N) is 1. The number of nitrogens with zero attached hydrogens (tertiary/aromatic N) is 2. The molecule has 0 spiro atoms. The second-order valence-corrected chi connectivity index (χ2v) is 5.50. The first-order chi connectivity index (χ1) is 9.08. The van der Waals surface area contributed by atoms with Crippen LogP contribution in [0.3, 0.4) is 0 Å². The van der Waals surface area contributed by atoms with Gasteiger partial charge in [0.25, 0.3) is 0 Å². The minimum absolute atomic E-state index is 0.0127. The molecule has 0 saturated heterocycles. The first-order valence-corrected chi connectivity index (χ1v) is 7.00. The minimum Gasteiger partial charge on any atom is -0.338 e. The lowest BCUT2D eigenvalue weighted by Gasteiger charge is -2.15. The molecule has 19 heavy (non-hydrogen) atoms. The van der Waals surface area contributed by atoms with E-state index >= 15 is 0 Å². The third kappa shape index (κ3) is 3.64. The Balaban J connectivity index is 1.91. The SMILES string of the molecule is CC(NCCc1cncn1C)c1ccc(Br)cc1F. The number of hydrogen-bond donors (Lipinski definition) is 1. The zero-order valence-corrected chi connectivity index (χ0v) is 12.6. The van der Waals surface area contributed by atoms with Crippen molar-refractivity contribution in [2.24, 2.45) is 7.05 Å². The molecule has 0 radical (unpaired) electrons. The van der Waals surface area contributed by atoms with Gasteiger partial charge in [-0.05, 0) is 19.1 Å². The molecule has 1 aromatic heterocycles. The Labute approximate surface area is 121 Å². The smallest absolute Gasteiger partial charge is 0.129 e. The van der Waals surface area contributed by atoms with Crippen LogP contribution in [0, 0.1) is 5.82 Å². The van der Waals surface area contributed by atoms with Gasteiger partial charge in [0.05, 0.1) is 6.33 Å². The molecule has 1 N–H and O–H groups in total. The molecule has 2 rings (SSSR count). The highest BCUT2D eigenvalue weighted by Gasteiger charge is 2.10. The Morgan fingerprint density at radius 1 is 1.47 bits per heavy atom. The first-order valence-electron chi connectivity index (χ1n) is 6.21. The number of imidazole rings is 1. The number of rotatable bonds is 5. The van der Waals surface area contributed by atoms with Crippen LogP contribution in [0.2, 0.25) is 0 Å². The van der Waals surface area contributed by atoms with Crippen LogP contribution < -0.4 is 5.32 Å². The number of hydrogen-bond acceptors (Lipinski definition) is 2. The largest absolute Gasteiger partial charge is 0.338 e. The molecular formula is C14H17BrFN3. The summed E-state index contributed by atoms with van der Waals surface area (Å²) >= 11 is 3.26. The Morgan fingerprint density at radius 3 is 2.89 bits per heavy atom. The molecule has 0 aliphatic heterocycles. The summed E-state index contributed by atoms with van der Waals surface area (Å²) in [6.45, 7) is 2.76. The van der Waals surface area contributed by atoms with Crippen LogP contribution in [-0.2, 0) is 13.5 Å². The number of benzene rings is 1. The highest BCUT2D eigenvalue weighted by atomic mass is 79.9. The number of aryl methyl sites for hydroxylation is 1. The van der Waals surface area contributed by atoms with Crippen molar-refractivity contribution in [1.82, 2.24) is 14.9 Å². The zero-order valence-electron chi connectivity index (χ0n) is 11.0. The predicted octanol–water partition coefficient (Wildman–Crippen LogP) is 3.22. The maximum atomic E-state index is 13.8. The summed E-state index contributed by atoms with van der Waals surface area (Å²) < 4.78 is 16.5. The molecule has 0 bridgehead atoms. The molecule has 1 aromatic carbocycles. The highest BCUT2D eigenvalue weighted by Crippen LogP contribution is 2.20. The van der Waals surface area contributed by atoms with Crippen molar-refractivity contribution in [3.8, 4) is 0 Å². The molecule has 1 heterocycles. The van der Waals surface area contributed by atoms with E-state index in [2.05, 4.69) is 26.2 Å². The third-order valence-electron chi connectivity index (χ3n) is 3.18. The van der Waals surface area contributed by atoms with E-state index in [4.69, 9.17) is 0 Å². The summed E-state index contributed by atoms with van der Waals surface area (Å²) in [5.74, 6) is -0.185. The lowest BCUT2D eigenvalue weighted by molar-refractivity contribution is 0.527. The van der Waals surface area contributed by atoms with E-state index in [0.717, 1.165) is 23.1 Å². The van der Waals surface area contributed by atoms with E-state index < -0.39 is 0 Å². The molecule has 0 saturated carbocycles. The summed E-state index contributed by atoms with van der Waals surface area (Å²) in [5, 5.41) is 3.33. The van der Waals surface area contributed by atoms with Crippen molar-refractivity contribution < 1.29 is 4.39 Å². The van der Waals surface area contributed by atoms with Gasteiger partial charge in [0.1, 0.15) is 5.82 Å². The highest BCUT2D eigenvalue weighted by molar-refractivity contribution is 9.10. The van der Waals surface area contributed by atoms with E-state index in [9.17, 15) is 4.39 Å². The van der Waals surface area contributed by atoms with Gasteiger partial charge in [-0.1, -0.05) is 22.0 Å². The number of halogens is 2. The topological polar surface area (TPSA) is 29.9 Å². The van der Waals surface area contributed by atoms with Gasteiger partial charge in [0.2, 0.25) is 0 Å². The molecule has 3 nitrogen and oxygen atoms in total. The molecule has 0 aliphatic rings. The lowest BCUT2D eigenvalue weighted by Crippen LogP contribution is -2.22. The van der Waals surface area contributed by atoms with Gasteiger partial charge in [-0.2, -0.15) is 0 Å². The average molecular weight is 326 g/mol. The standard InChI is InChI=1S/C14H17BrFN3/c1-10(13-4-3-11(15)7-14(13)16)18-6-5-12-8-17-9-19(12)2/h3-4,7-10,18H,5-6H2,1-2H3. The first kappa shape index (κ1) is 14.2. The second kappa shape index (κ2) is 6.30. The van der Waals surface area contributed by atoms with Crippen LogP contribution in [0.4, 0.5) is 4.39 Å². The van der Waals surface area contributed by atoms with Gasteiger partial charge in [0.15, 0.2) is 0 Å². The van der Waals surface area contributed by atoms with Gasteiger partial charge in [-0.15, -0.1) is 0 Å². The second-order valence-electron chi connectivity index (χ2n) is 4.59. The van der Waals surface area contributed by atoms with Crippen LogP contribution in [0.5, 0.6) is 0 Å². The third-order valence-corrected chi connectivity index (χ3v) is 3.67. The molecule has 1 atom stereocenters. The lowest BCUT2D eigenvalue weighted by atomic mass is 10.1. The van der Waals surface area contributed by atoms with Crippen LogP contribution in [-0.4, -0.2) is 16.1 Å². The molecular weight excluding hydrogens is 309 g/mol. The molecule has 0 amide bonds. The maximum absolute atomic E-state index is 13.8. The fourth-order valence-electron chi connectivity index (χ4n) is 2.00. The summed E-state index contributed by atoms with van der Waals surface area (Å²) in [6, 6.07) is 5.15. The van der Waals surface area contributed by atoms with E-state index in [1.54, 1.807) is 12.4 Å². The monoisotopic (exact) mass is 325 g/mol. The Bertz CT molecular complexity index is 553. The Morgan fingerprint density at radius 2 is 2.26 bits per heavy atom. The minimum atomic E-state index is -0.185. The molecule has 1 unspecified atom stereocenters. The molecule has 102 valence electrons. The Kier molecular flexibility index (Phi) is 4.71. The normalized spacial score (nSPS) is 12.6. The fraction of sp³-hybridized carbons (Fsp3) is 0.357. The summed E-state index contributed by atoms with van der Waals surface area (Å²) in [6.07, 6.45) is 4.51. The Hall–Kier alpha value is -1.20.